The Kier molecular flexibility index (Phi) is 7.71. The monoisotopic (exact) mass is 536 g/mol. The van der Waals surface area contributed by atoms with E-state index in [1.807, 2.05) is 24.3 Å². The van der Waals surface area contributed by atoms with Gasteiger partial charge < -0.3 is 14.8 Å². The molecule has 2 aromatic heterocycles. The summed E-state index contributed by atoms with van der Waals surface area (Å²) in [7, 11) is 2.86. The molecular weight excluding hydrogens is 515 g/mol. The van der Waals surface area contributed by atoms with E-state index in [1.165, 1.54) is 32.7 Å². The minimum atomic E-state index is -1.42. The molecule has 2 atom stereocenters. The van der Waals surface area contributed by atoms with Crippen LogP contribution in [0.4, 0.5) is 0 Å². The maximum absolute atomic E-state index is 13.6. The number of allylic oxidation sites excluding steroid dienone is 2. The predicted molar refractivity (Wildman–Crippen MR) is 142 cm³/mol. The van der Waals surface area contributed by atoms with E-state index >= 15 is 0 Å². The molecule has 1 aliphatic rings. The summed E-state index contributed by atoms with van der Waals surface area (Å²) in [6.45, 7) is 3.73. The number of amides is 1. The molecular formula is C27H22Cl2N4O4. The first-order valence-electron chi connectivity index (χ1n) is 11.0. The number of benzene rings is 1. The second-order valence-electron chi connectivity index (χ2n) is 7.93. The highest BCUT2D eigenvalue weighted by molar-refractivity contribution is 6.34. The van der Waals surface area contributed by atoms with E-state index in [0.717, 1.165) is 0 Å². The van der Waals surface area contributed by atoms with E-state index in [0.29, 0.717) is 33.8 Å². The fraction of sp³-hybridized carbons (Fsp3) is 0.148. The number of hydrogen-bond acceptors (Lipinski definition) is 7. The van der Waals surface area contributed by atoms with E-state index < -0.39 is 16.8 Å². The van der Waals surface area contributed by atoms with Gasteiger partial charge in [0.05, 0.1) is 31.5 Å². The maximum atomic E-state index is 13.6. The van der Waals surface area contributed by atoms with Crippen LogP contribution in [0, 0.1) is 0 Å². The van der Waals surface area contributed by atoms with Crippen molar-refractivity contribution in [3.63, 3.8) is 0 Å². The third-order valence-corrected chi connectivity index (χ3v) is 6.79. The topological polar surface area (TPSA) is 103 Å². The van der Waals surface area contributed by atoms with Crippen LogP contribution in [0.5, 0.6) is 11.6 Å². The molecule has 3 aromatic rings. The number of alkyl halides is 1. The second kappa shape index (κ2) is 10.9. The van der Waals surface area contributed by atoms with Crippen molar-refractivity contribution in [3.8, 4) is 11.6 Å². The number of nitrogens with zero attached hydrogens (tertiary/aromatic N) is 3. The lowest BCUT2D eigenvalue weighted by atomic mass is 9.80. The first-order valence-corrected chi connectivity index (χ1v) is 11.8. The molecule has 0 spiro atoms. The van der Waals surface area contributed by atoms with Gasteiger partial charge in [-0.2, -0.15) is 0 Å². The van der Waals surface area contributed by atoms with Gasteiger partial charge in [-0.15, -0.1) is 11.6 Å². The number of aldehydes is 1. The molecule has 2 heterocycles. The Morgan fingerprint density at radius 3 is 2.65 bits per heavy atom. The van der Waals surface area contributed by atoms with Crippen molar-refractivity contribution in [1.29, 1.82) is 0 Å². The molecule has 37 heavy (non-hydrogen) atoms. The summed E-state index contributed by atoms with van der Waals surface area (Å²) in [5, 5.41) is 2.58. The Bertz CT molecular complexity index is 1440. The fourth-order valence-corrected chi connectivity index (χ4v) is 4.66. The number of hydrogen-bond donors (Lipinski definition) is 1. The smallest absolute Gasteiger partial charge is 0.271 e. The van der Waals surface area contributed by atoms with Crippen molar-refractivity contribution < 1.29 is 19.1 Å². The van der Waals surface area contributed by atoms with E-state index in [4.69, 9.17) is 32.7 Å². The van der Waals surface area contributed by atoms with Gasteiger partial charge in [0.25, 0.3) is 5.91 Å². The Hall–Kier alpha value is -4.01. The van der Waals surface area contributed by atoms with Gasteiger partial charge in [0.15, 0.2) is 12.0 Å². The normalized spacial score (nSPS) is 18.5. The molecule has 10 heteroatoms. The highest BCUT2D eigenvalue weighted by Gasteiger charge is 2.45. The van der Waals surface area contributed by atoms with E-state index in [2.05, 4.69) is 26.8 Å². The summed E-state index contributed by atoms with van der Waals surface area (Å²) >= 11 is 13.6. The lowest BCUT2D eigenvalue weighted by Gasteiger charge is -2.38. The first-order chi connectivity index (χ1) is 17.9. The molecule has 0 fully saturated rings. The molecule has 1 aliphatic carbocycles. The van der Waals surface area contributed by atoms with E-state index in [-0.39, 0.29) is 23.0 Å². The van der Waals surface area contributed by atoms with Gasteiger partial charge in [0.2, 0.25) is 5.88 Å². The van der Waals surface area contributed by atoms with E-state index in [1.54, 1.807) is 24.3 Å². The van der Waals surface area contributed by atoms with Gasteiger partial charge in [-0.3, -0.25) is 14.6 Å². The molecule has 1 amide bonds. The Morgan fingerprint density at radius 2 is 1.97 bits per heavy atom. The highest BCUT2D eigenvalue weighted by atomic mass is 35.5. The first kappa shape index (κ1) is 26.1. The minimum absolute atomic E-state index is 0.00641. The van der Waals surface area contributed by atoms with Crippen LogP contribution < -0.4 is 14.8 Å². The van der Waals surface area contributed by atoms with Crippen molar-refractivity contribution >= 4 is 47.0 Å². The van der Waals surface area contributed by atoms with Crippen molar-refractivity contribution in [2.45, 2.75) is 10.9 Å². The third-order valence-electron chi connectivity index (χ3n) is 5.88. The van der Waals surface area contributed by atoms with Crippen LogP contribution in [-0.2, 0) is 5.54 Å². The predicted octanol–water partition coefficient (Wildman–Crippen LogP) is 4.88. The Morgan fingerprint density at radius 1 is 1.19 bits per heavy atom. The van der Waals surface area contributed by atoms with Gasteiger partial charge in [-0.05, 0) is 17.2 Å². The third kappa shape index (κ3) is 4.85. The number of carbonyl (C=O) groups excluding carboxylic acids is 2. The zero-order valence-corrected chi connectivity index (χ0v) is 21.5. The largest absolute Gasteiger partial charge is 0.496 e. The van der Waals surface area contributed by atoms with Crippen LogP contribution in [0.2, 0.25) is 5.02 Å². The van der Waals surface area contributed by atoms with Crippen molar-refractivity contribution in [1.82, 2.24) is 20.3 Å². The van der Waals surface area contributed by atoms with Crippen LogP contribution in [-0.4, -0.2) is 46.7 Å². The highest BCUT2D eigenvalue weighted by Crippen LogP contribution is 2.43. The van der Waals surface area contributed by atoms with Gasteiger partial charge in [-0.25, -0.2) is 9.97 Å². The van der Waals surface area contributed by atoms with E-state index in [9.17, 15) is 9.59 Å². The lowest BCUT2D eigenvalue weighted by Crippen LogP contribution is -2.52. The fourth-order valence-electron chi connectivity index (χ4n) is 3.99. The molecule has 4 rings (SSSR count). The summed E-state index contributed by atoms with van der Waals surface area (Å²) in [4.78, 5) is 37.9. The standard InChI is InChI=1S/C27H22Cl2N4O4/c1-4-16-13-30-20(12-22(16)36-2)25(35)33-27(23-14-31-21(15-34)26(32-23)37-3)11-7-9-18(24(27)29)17-8-5-6-10-19(17)28/h4-15,24H,1H2,2-3H3,(H,33,35). The SMILES string of the molecule is C=Cc1cnc(C(=O)NC2(c3cnc(C=O)c(OC)n3)C=CC=C(c3ccccc3Cl)C2Cl)cc1OC. The molecule has 1 N–H and O–H groups in total. The second-order valence-corrected chi connectivity index (χ2v) is 8.77. The summed E-state index contributed by atoms with van der Waals surface area (Å²) in [6, 6.07) is 8.73. The lowest BCUT2D eigenvalue weighted by molar-refractivity contribution is 0.0909. The summed E-state index contributed by atoms with van der Waals surface area (Å²) < 4.78 is 10.6. The van der Waals surface area contributed by atoms with Gasteiger partial charge in [0.1, 0.15) is 17.0 Å². The van der Waals surface area contributed by atoms with Crippen LogP contribution in [0.15, 0.2) is 67.5 Å². The quantitative estimate of drug-likeness (QED) is 0.323. The molecule has 0 saturated heterocycles. The molecule has 0 aliphatic heterocycles. The number of nitrogens with one attached hydrogen (secondary N) is 1. The zero-order valence-electron chi connectivity index (χ0n) is 19.9. The zero-order chi connectivity index (χ0) is 26.6. The minimum Gasteiger partial charge on any atom is -0.496 e. The summed E-state index contributed by atoms with van der Waals surface area (Å²) in [5.41, 5.74) is 0.867. The van der Waals surface area contributed by atoms with Crippen LogP contribution in [0.25, 0.3) is 11.6 Å². The average Bonchev–Trinajstić information content (AvgIpc) is 2.93. The number of rotatable bonds is 8. The molecule has 8 nitrogen and oxygen atoms in total. The molecule has 188 valence electrons. The maximum Gasteiger partial charge on any atom is 0.271 e. The Balaban J connectivity index is 1.85. The van der Waals surface area contributed by atoms with Crippen LogP contribution >= 0.6 is 23.2 Å². The van der Waals surface area contributed by atoms with Crippen LogP contribution in [0.1, 0.15) is 37.8 Å². The molecule has 0 saturated carbocycles. The van der Waals surface area contributed by atoms with Crippen molar-refractivity contribution in [3.05, 3.63) is 101 Å². The number of aromatic nitrogens is 3. The number of halogens is 2. The van der Waals surface area contributed by atoms with Crippen molar-refractivity contribution in [2.75, 3.05) is 14.2 Å². The number of methoxy groups -OCH3 is 2. The number of pyridine rings is 1. The van der Waals surface area contributed by atoms with Gasteiger partial charge in [0, 0.05) is 22.8 Å². The summed E-state index contributed by atoms with van der Waals surface area (Å²) in [6.07, 6.45) is 10.2. The Labute approximate surface area is 223 Å². The molecule has 1 aromatic carbocycles. The number of carbonyl (C=O) groups is 2. The summed E-state index contributed by atoms with van der Waals surface area (Å²) in [5.74, 6) is -0.133. The van der Waals surface area contributed by atoms with Gasteiger partial charge in [-0.1, -0.05) is 60.7 Å². The van der Waals surface area contributed by atoms with Crippen LogP contribution in [0.3, 0.4) is 0 Å². The van der Waals surface area contributed by atoms with Crippen molar-refractivity contribution in [2.24, 2.45) is 0 Å². The molecule has 2 unspecified atom stereocenters. The molecule has 0 radical (unpaired) electrons. The number of ether oxygens (including phenoxy) is 2. The average molecular weight is 537 g/mol. The molecule has 0 bridgehead atoms. The van der Waals surface area contributed by atoms with Gasteiger partial charge >= 0.3 is 0 Å².